The van der Waals surface area contributed by atoms with Crippen molar-refractivity contribution in [3.8, 4) is 0 Å². The Kier molecular flexibility index (Phi) is 6.53. The van der Waals surface area contributed by atoms with Crippen LogP contribution >= 0.6 is 0 Å². The van der Waals surface area contributed by atoms with Crippen LogP contribution in [0.5, 0.6) is 0 Å². The van der Waals surface area contributed by atoms with Crippen LogP contribution in [0.1, 0.15) is 74.8 Å². The SMILES string of the molecule is CCC1CCC(N(C(=O)Cc2nc3nc(C)cc(C)n3n2)[C@@H](C)c2ccc(F)cc2)CC1. The van der Waals surface area contributed by atoms with E-state index in [1.807, 2.05) is 31.7 Å². The van der Waals surface area contributed by atoms with E-state index in [4.69, 9.17) is 0 Å². The Morgan fingerprint density at radius 3 is 2.50 bits per heavy atom. The van der Waals surface area contributed by atoms with Crippen LogP contribution < -0.4 is 0 Å². The molecule has 1 aromatic carbocycles. The Hall–Kier alpha value is -2.83. The summed E-state index contributed by atoms with van der Waals surface area (Å²) in [4.78, 5) is 24.6. The highest BCUT2D eigenvalue weighted by Crippen LogP contribution is 2.34. The number of aromatic nitrogens is 4. The van der Waals surface area contributed by atoms with Crippen molar-refractivity contribution in [2.45, 2.75) is 78.3 Å². The Bertz CT molecular complexity index is 1090. The van der Waals surface area contributed by atoms with Crippen molar-refractivity contribution >= 4 is 11.7 Å². The van der Waals surface area contributed by atoms with Crippen LogP contribution in [0, 0.1) is 25.6 Å². The normalized spacial score (nSPS) is 19.8. The van der Waals surface area contributed by atoms with Crippen LogP contribution in [-0.4, -0.2) is 36.4 Å². The lowest BCUT2D eigenvalue weighted by molar-refractivity contribution is -0.136. The van der Waals surface area contributed by atoms with Gasteiger partial charge in [-0.15, -0.1) is 5.10 Å². The number of hydrogen-bond acceptors (Lipinski definition) is 4. The lowest BCUT2D eigenvalue weighted by Crippen LogP contribution is -2.44. The second-order valence-corrected chi connectivity index (χ2v) is 9.07. The van der Waals surface area contributed by atoms with E-state index in [0.29, 0.717) is 11.6 Å². The van der Waals surface area contributed by atoms with E-state index < -0.39 is 0 Å². The molecule has 0 bridgehead atoms. The summed E-state index contributed by atoms with van der Waals surface area (Å²) in [5.41, 5.74) is 2.75. The molecule has 1 atom stereocenters. The number of fused-ring (bicyclic) bond motifs is 1. The Morgan fingerprint density at radius 1 is 1.16 bits per heavy atom. The molecule has 3 aromatic rings. The third-order valence-corrected chi connectivity index (χ3v) is 6.82. The highest BCUT2D eigenvalue weighted by Gasteiger charge is 2.32. The molecule has 4 rings (SSSR count). The maximum atomic E-state index is 13.6. The van der Waals surface area contributed by atoms with Crippen LogP contribution in [0.3, 0.4) is 0 Å². The van der Waals surface area contributed by atoms with Gasteiger partial charge in [-0.3, -0.25) is 4.79 Å². The van der Waals surface area contributed by atoms with Crippen molar-refractivity contribution in [3.05, 3.63) is 58.9 Å². The van der Waals surface area contributed by atoms with Gasteiger partial charge in [-0.1, -0.05) is 25.5 Å². The zero-order chi connectivity index (χ0) is 22.8. The number of benzene rings is 1. The summed E-state index contributed by atoms with van der Waals surface area (Å²) in [7, 11) is 0. The van der Waals surface area contributed by atoms with Gasteiger partial charge in [-0.2, -0.15) is 4.98 Å². The fourth-order valence-corrected chi connectivity index (χ4v) is 4.98. The Morgan fingerprint density at radius 2 is 1.84 bits per heavy atom. The zero-order valence-corrected chi connectivity index (χ0v) is 19.4. The van der Waals surface area contributed by atoms with Gasteiger partial charge >= 0.3 is 0 Å². The highest BCUT2D eigenvalue weighted by atomic mass is 19.1. The van der Waals surface area contributed by atoms with Gasteiger partial charge in [0.05, 0.1) is 12.5 Å². The van der Waals surface area contributed by atoms with Crippen molar-refractivity contribution in [3.63, 3.8) is 0 Å². The standard InChI is InChI=1S/C25H32FN5O/c1-5-19-6-12-22(13-7-19)30(18(4)20-8-10-21(26)11-9-20)24(32)15-23-28-25-27-16(2)14-17(3)31(25)29-23/h8-11,14,18-19,22H,5-7,12-13,15H2,1-4H3/t18-,19?,22?/m0/s1. The molecule has 1 aliphatic rings. The predicted molar refractivity (Wildman–Crippen MR) is 122 cm³/mol. The molecule has 0 spiro atoms. The minimum Gasteiger partial charge on any atom is -0.333 e. The molecule has 2 heterocycles. The molecule has 6 nitrogen and oxygen atoms in total. The lowest BCUT2D eigenvalue weighted by Gasteiger charge is -2.40. The van der Waals surface area contributed by atoms with E-state index in [2.05, 4.69) is 22.0 Å². The number of amides is 1. The topological polar surface area (TPSA) is 63.4 Å². The van der Waals surface area contributed by atoms with Crippen LogP contribution in [0.15, 0.2) is 30.3 Å². The molecule has 7 heteroatoms. The van der Waals surface area contributed by atoms with Crippen LogP contribution in [-0.2, 0) is 11.2 Å². The summed E-state index contributed by atoms with van der Waals surface area (Å²) >= 11 is 0. The number of hydrogen-bond donors (Lipinski definition) is 0. The Balaban J connectivity index is 1.60. The summed E-state index contributed by atoms with van der Waals surface area (Å²) in [5, 5.41) is 4.54. The van der Waals surface area contributed by atoms with E-state index in [-0.39, 0.29) is 30.2 Å². The van der Waals surface area contributed by atoms with Gasteiger partial charge in [0.15, 0.2) is 5.82 Å². The minimum atomic E-state index is -0.269. The molecule has 0 N–H and O–H groups in total. The van der Waals surface area contributed by atoms with Gasteiger partial charge in [-0.05, 0) is 76.1 Å². The number of carbonyl (C=O) groups excluding carboxylic acids is 1. The average molecular weight is 438 g/mol. The van der Waals surface area contributed by atoms with Gasteiger partial charge in [0.2, 0.25) is 5.91 Å². The van der Waals surface area contributed by atoms with Gasteiger partial charge in [0, 0.05) is 17.4 Å². The molecule has 0 unspecified atom stereocenters. The zero-order valence-electron chi connectivity index (χ0n) is 19.4. The van der Waals surface area contributed by atoms with Gasteiger partial charge in [-0.25, -0.2) is 13.9 Å². The molecule has 1 saturated carbocycles. The first-order valence-electron chi connectivity index (χ1n) is 11.6. The first kappa shape index (κ1) is 22.4. The van der Waals surface area contributed by atoms with Crippen molar-refractivity contribution < 1.29 is 9.18 Å². The summed E-state index contributed by atoms with van der Waals surface area (Å²) in [6.07, 6.45) is 5.57. The fraction of sp³-hybridized carbons (Fsp3) is 0.520. The number of rotatable bonds is 6. The Labute approximate surface area is 188 Å². The lowest BCUT2D eigenvalue weighted by atomic mass is 9.83. The summed E-state index contributed by atoms with van der Waals surface area (Å²) in [6, 6.07) is 8.44. The molecule has 0 saturated heterocycles. The fourth-order valence-electron chi connectivity index (χ4n) is 4.98. The summed E-state index contributed by atoms with van der Waals surface area (Å²) < 4.78 is 15.2. The first-order valence-corrected chi connectivity index (χ1v) is 11.6. The molecule has 1 amide bonds. The first-order chi connectivity index (χ1) is 15.4. The number of carbonyl (C=O) groups is 1. The number of halogens is 1. The minimum absolute atomic E-state index is 0.00653. The molecular formula is C25H32FN5O. The second kappa shape index (κ2) is 9.35. The maximum Gasteiger partial charge on any atom is 0.252 e. The second-order valence-electron chi connectivity index (χ2n) is 9.07. The summed E-state index contributed by atoms with van der Waals surface area (Å²) in [6.45, 7) is 8.15. The van der Waals surface area contributed by atoms with Crippen molar-refractivity contribution in [1.29, 1.82) is 0 Å². The van der Waals surface area contributed by atoms with E-state index in [0.717, 1.165) is 48.6 Å². The smallest absolute Gasteiger partial charge is 0.252 e. The average Bonchev–Trinajstić information content (AvgIpc) is 3.17. The van der Waals surface area contributed by atoms with Gasteiger partial charge in [0.25, 0.3) is 5.78 Å². The molecule has 0 aliphatic heterocycles. The van der Waals surface area contributed by atoms with E-state index in [1.165, 1.54) is 18.6 Å². The van der Waals surface area contributed by atoms with Crippen molar-refractivity contribution in [2.24, 2.45) is 5.92 Å². The third kappa shape index (κ3) is 4.66. The largest absolute Gasteiger partial charge is 0.333 e. The number of aryl methyl sites for hydroxylation is 2. The third-order valence-electron chi connectivity index (χ3n) is 6.82. The molecule has 170 valence electrons. The van der Waals surface area contributed by atoms with Gasteiger partial charge < -0.3 is 4.90 Å². The molecular weight excluding hydrogens is 405 g/mol. The van der Waals surface area contributed by atoms with E-state index in [1.54, 1.807) is 16.6 Å². The van der Waals surface area contributed by atoms with Crippen LogP contribution in [0.25, 0.3) is 5.78 Å². The van der Waals surface area contributed by atoms with E-state index >= 15 is 0 Å². The quantitative estimate of drug-likeness (QED) is 0.546. The summed E-state index contributed by atoms with van der Waals surface area (Å²) in [5.74, 6) is 1.48. The van der Waals surface area contributed by atoms with Gasteiger partial charge in [0.1, 0.15) is 5.82 Å². The van der Waals surface area contributed by atoms with Crippen LogP contribution in [0.4, 0.5) is 4.39 Å². The monoisotopic (exact) mass is 437 g/mol. The molecule has 32 heavy (non-hydrogen) atoms. The van der Waals surface area contributed by atoms with Crippen molar-refractivity contribution in [2.75, 3.05) is 0 Å². The highest BCUT2D eigenvalue weighted by molar-refractivity contribution is 5.79. The molecule has 2 aromatic heterocycles. The van der Waals surface area contributed by atoms with E-state index in [9.17, 15) is 9.18 Å². The molecule has 0 radical (unpaired) electrons. The van der Waals surface area contributed by atoms with Crippen molar-refractivity contribution in [1.82, 2.24) is 24.5 Å². The number of nitrogens with zero attached hydrogens (tertiary/aromatic N) is 5. The molecule has 1 fully saturated rings. The predicted octanol–water partition coefficient (Wildman–Crippen LogP) is 4.98. The van der Waals surface area contributed by atoms with Crippen LogP contribution in [0.2, 0.25) is 0 Å². The maximum absolute atomic E-state index is 13.6. The molecule has 1 aliphatic carbocycles.